The first-order chi connectivity index (χ1) is 11.3. The number of nitrogens with zero attached hydrogens (tertiary/aromatic N) is 2. The number of aliphatic imine (C=N–C) groups is 1. The lowest BCUT2D eigenvalue weighted by Gasteiger charge is -2.17. The predicted molar refractivity (Wildman–Crippen MR) is 101 cm³/mol. The van der Waals surface area contributed by atoms with Crippen LogP contribution in [0.4, 0.5) is 5.69 Å². The van der Waals surface area contributed by atoms with E-state index in [-0.39, 0.29) is 5.78 Å². The molecule has 3 nitrogen and oxygen atoms in total. The fraction of sp³-hybridized carbons (Fsp3) is 0.381. The average molecular weight is 322 g/mol. The molecule has 0 spiro atoms. The molecule has 0 saturated carbocycles. The van der Waals surface area contributed by atoms with Gasteiger partial charge in [-0.3, -0.25) is 9.79 Å². The van der Waals surface area contributed by atoms with E-state index in [2.05, 4.69) is 50.9 Å². The van der Waals surface area contributed by atoms with E-state index in [1.807, 2.05) is 19.1 Å². The molecule has 0 aliphatic heterocycles. The summed E-state index contributed by atoms with van der Waals surface area (Å²) < 4.78 is 0. The van der Waals surface area contributed by atoms with Crippen LogP contribution in [0.25, 0.3) is 0 Å². The fourth-order valence-corrected chi connectivity index (χ4v) is 2.70. The van der Waals surface area contributed by atoms with Gasteiger partial charge in [0.1, 0.15) is 5.69 Å². The number of pyridine rings is 1. The van der Waals surface area contributed by atoms with Crippen molar-refractivity contribution in [3.63, 3.8) is 0 Å². The molecule has 0 saturated heterocycles. The summed E-state index contributed by atoms with van der Waals surface area (Å²) in [5.74, 6) is 0.758. The van der Waals surface area contributed by atoms with Gasteiger partial charge in [0.25, 0.3) is 0 Å². The highest BCUT2D eigenvalue weighted by molar-refractivity contribution is 6.00. The Balaban J connectivity index is 2.57. The first kappa shape index (κ1) is 18.1. The number of carbonyl (C=O) groups is 1. The van der Waals surface area contributed by atoms with Gasteiger partial charge in [-0.15, -0.1) is 0 Å². The summed E-state index contributed by atoms with van der Waals surface area (Å²) in [6.45, 7) is 12.2. The van der Waals surface area contributed by atoms with Crippen LogP contribution in [0.5, 0.6) is 0 Å². The second-order valence-corrected chi connectivity index (χ2v) is 6.76. The van der Waals surface area contributed by atoms with E-state index in [1.165, 1.54) is 18.1 Å². The SMILES string of the molecule is CC(=O)c1cccc(/C(C)=N/c2c(C(C)C)cccc2C(C)C)n1. The van der Waals surface area contributed by atoms with Crippen molar-refractivity contribution in [1.29, 1.82) is 0 Å². The highest BCUT2D eigenvalue weighted by Crippen LogP contribution is 2.35. The van der Waals surface area contributed by atoms with E-state index in [1.54, 1.807) is 6.07 Å². The molecule has 24 heavy (non-hydrogen) atoms. The first-order valence-electron chi connectivity index (χ1n) is 8.47. The molecule has 0 aliphatic rings. The molecular formula is C21H26N2O. The highest BCUT2D eigenvalue weighted by Gasteiger charge is 2.14. The lowest BCUT2D eigenvalue weighted by Crippen LogP contribution is -2.05. The summed E-state index contributed by atoms with van der Waals surface area (Å²) in [6, 6.07) is 11.9. The topological polar surface area (TPSA) is 42.3 Å². The van der Waals surface area contributed by atoms with Gasteiger partial charge in [0.05, 0.1) is 17.1 Å². The number of carbonyl (C=O) groups excluding carboxylic acids is 1. The molecule has 126 valence electrons. The summed E-state index contributed by atoms with van der Waals surface area (Å²) in [7, 11) is 0. The van der Waals surface area contributed by atoms with E-state index < -0.39 is 0 Å². The number of ketones is 1. The number of benzene rings is 1. The van der Waals surface area contributed by atoms with Crippen LogP contribution in [0.15, 0.2) is 41.4 Å². The maximum atomic E-state index is 11.6. The van der Waals surface area contributed by atoms with Crippen LogP contribution < -0.4 is 0 Å². The number of hydrogen-bond acceptors (Lipinski definition) is 3. The minimum Gasteiger partial charge on any atom is -0.293 e. The van der Waals surface area contributed by atoms with Gasteiger partial charge >= 0.3 is 0 Å². The summed E-state index contributed by atoms with van der Waals surface area (Å²) in [5.41, 5.74) is 5.56. The predicted octanol–water partition coefficient (Wildman–Crippen LogP) is 5.67. The van der Waals surface area contributed by atoms with Gasteiger partial charge in [0.2, 0.25) is 0 Å². The Hall–Kier alpha value is -2.29. The van der Waals surface area contributed by atoms with Gasteiger partial charge in [-0.05, 0) is 42.0 Å². The third-order valence-corrected chi connectivity index (χ3v) is 4.10. The maximum absolute atomic E-state index is 11.6. The molecule has 0 aliphatic carbocycles. The van der Waals surface area contributed by atoms with Gasteiger partial charge in [-0.1, -0.05) is 52.0 Å². The normalized spacial score (nSPS) is 12.1. The van der Waals surface area contributed by atoms with Crippen molar-refractivity contribution >= 4 is 17.2 Å². The van der Waals surface area contributed by atoms with Crippen molar-refractivity contribution in [3.8, 4) is 0 Å². The zero-order valence-corrected chi connectivity index (χ0v) is 15.4. The zero-order valence-electron chi connectivity index (χ0n) is 15.4. The summed E-state index contributed by atoms with van der Waals surface area (Å²) in [5, 5.41) is 0. The van der Waals surface area contributed by atoms with Crippen LogP contribution in [-0.2, 0) is 0 Å². The molecule has 1 heterocycles. The molecular weight excluding hydrogens is 296 g/mol. The van der Waals surface area contributed by atoms with Crippen LogP contribution in [0.2, 0.25) is 0 Å². The van der Waals surface area contributed by atoms with Gasteiger partial charge in [-0.25, -0.2) is 4.98 Å². The molecule has 0 atom stereocenters. The largest absolute Gasteiger partial charge is 0.293 e. The standard InChI is InChI=1S/C21H26N2O/c1-13(2)17-9-7-10-18(14(3)4)21(17)22-15(5)19-11-8-12-20(23-19)16(6)24/h7-14H,1-6H3/b22-15+. The number of rotatable bonds is 5. The third-order valence-electron chi connectivity index (χ3n) is 4.10. The maximum Gasteiger partial charge on any atom is 0.178 e. The van der Waals surface area contributed by atoms with Crippen LogP contribution in [0.3, 0.4) is 0 Å². The van der Waals surface area contributed by atoms with E-state index in [9.17, 15) is 4.79 Å². The van der Waals surface area contributed by atoms with Crippen molar-refractivity contribution < 1.29 is 4.79 Å². The van der Waals surface area contributed by atoms with Crippen molar-refractivity contribution in [2.45, 2.75) is 53.4 Å². The molecule has 3 heteroatoms. The molecule has 0 unspecified atom stereocenters. The fourth-order valence-electron chi connectivity index (χ4n) is 2.70. The molecule has 0 amide bonds. The van der Waals surface area contributed by atoms with Gasteiger partial charge < -0.3 is 0 Å². The number of hydrogen-bond donors (Lipinski definition) is 0. The molecule has 0 bridgehead atoms. The van der Waals surface area contributed by atoms with Crippen molar-refractivity contribution in [3.05, 3.63) is 58.9 Å². The average Bonchev–Trinajstić information content (AvgIpc) is 2.54. The lowest BCUT2D eigenvalue weighted by atomic mass is 9.93. The summed E-state index contributed by atoms with van der Waals surface area (Å²) >= 11 is 0. The van der Waals surface area contributed by atoms with Crippen molar-refractivity contribution in [2.24, 2.45) is 4.99 Å². The number of para-hydroxylation sites is 1. The van der Waals surface area contributed by atoms with E-state index in [0.717, 1.165) is 17.1 Å². The Kier molecular flexibility index (Phi) is 5.66. The van der Waals surface area contributed by atoms with Crippen LogP contribution in [0, 0.1) is 0 Å². The minimum absolute atomic E-state index is 0.0323. The minimum atomic E-state index is -0.0323. The van der Waals surface area contributed by atoms with Crippen molar-refractivity contribution in [1.82, 2.24) is 4.98 Å². The van der Waals surface area contributed by atoms with E-state index >= 15 is 0 Å². The van der Waals surface area contributed by atoms with Gasteiger partial charge in [-0.2, -0.15) is 0 Å². The van der Waals surface area contributed by atoms with Gasteiger partial charge in [0, 0.05) is 6.92 Å². The van der Waals surface area contributed by atoms with E-state index in [0.29, 0.717) is 17.5 Å². The zero-order chi connectivity index (χ0) is 17.9. The molecule has 0 N–H and O–H groups in total. The molecule has 0 radical (unpaired) electrons. The Morgan fingerprint density at radius 2 is 1.38 bits per heavy atom. The molecule has 0 fully saturated rings. The molecule has 2 aromatic rings. The molecule has 2 rings (SSSR count). The second-order valence-electron chi connectivity index (χ2n) is 6.76. The van der Waals surface area contributed by atoms with E-state index in [4.69, 9.17) is 4.99 Å². The van der Waals surface area contributed by atoms with Gasteiger partial charge in [0.15, 0.2) is 5.78 Å². The Morgan fingerprint density at radius 1 is 0.875 bits per heavy atom. The summed E-state index contributed by atoms with van der Waals surface area (Å²) in [4.78, 5) is 20.9. The lowest BCUT2D eigenvalue weighted by molar-refractivity contribution is 0.101. The Labute approximate surface area is 144 Å². The van der Waals surface area contributed by atoms with Crippen LogP contribution in [0.1, 0.15) is 80.7 Å². The highest BCUT2D eigenvalue weighted by atomic mass is 16.1. The number of Topliss-reactive ketones (excluding diaryl/α,β-unsaturated/α-hetero) is 1. The van der Waals surface area contributed by atoms with Crippen LogP contribution in [-0.4, -0.2) is 16.5 Å². The van der Waals surface area contributed by atoms with Crippen molar-refractivity contribution in [2.75, 3.05) is 0 Å². The quantitative estimate of drug-likeness (QED) is 0.525. The Morgan fingerprint density at radius 3 is 1.88 bits per heavy atom. The monoisotopic (exact) mass is 322 g/mol. The van der Waals surface area contributed by atoms with Crippen LogP contribution >= 0.6 is 0 Å². The first-order valence-corrected chi connectivity index (χ1v) is 8.47. The molecule has 1 aromatic heterocycles. The molecule has 1 aromatic carbocycles. The number of aromatic nitrogens is 1. The summed E-state index contributed by atoms with van der Waals surface area (Å²) in [6.07, 6.45) is 0. The Bertz CT molecular complexity index is 747. The second kappa shape index (κ2) is 7.52. The smallest absolute Gasteiger partial charge is 0.178 e. The third kappa shape index (κ3) is 3.97.